The molecule has 8 heteroatoms. The Bertz CT molecular complexity index is 878. The number of aromatic nitrogens is 1. The summed E-state index contributed by atoms with van der Waals surface area (Å²) in [6.45, 7) is 1.03. The van der Waals surface area contributed by atoms with Crippen LogP contribution in [-0.4, -0.2) is 34.8 Å². The Morgan fingerprint density at radius 2 is 2.04 bits per heavy atom. The Morgan fingerprint density at radius 3 is 2.81 bits per heavy atom. The summed E-state index contributed by atoms with van der Waals surface area (Å²) < 4.78 is 0. The van der Waals surface area contributed by atoms with Crippen molar-refractivity contribution in [2.75, 3.05) is 18.4 Å². The number of thiazole rings is 1. The maximum absolute atomic E-state index is 12.8. The SMILES string of the molecule is O=C(Nc1nc2c(s1)CCC2)[C@H]1CCCN(C(=O)c2ccc(Cl)c(Cl)c2)C1. The molecule has 0 radical (unpaired) electrons. The molecule has 1 aliphatic carbocycles. The number of carbonyl (C=O) groups excluding carboxylic acids is 2. The third kappa shape index (κ3) is 3.98. The largest absolute Gasteiger partial charge is 0.338 e. The standard InChI is InChI=1S/C19H19Cl2N3O2S/c20-13-7-6-11(9-14(13)21)18(26)24-8-2-3-12(10-24)17(25)23-19-22-15-4-1-5-16(15)27-19/h6-7,9,12H,1-5,8,10H2,(H,22,23,25)/t12-/m0/s1. The van der Waals surface area contributed by atoms with E-state index in [4.69, 9.17) is 23.2 Å². The smallest absolute Gasteiger partial charge is 0.253 e. The highest BCUT2D eigenvalue weighted by Gasteiger charge is 2.30. The highest BCUT2D eigenvalue weighted by atomic mass is 35.5. The van der Waals surface area contributed by atoms with E-state index in [1.54, 1.807) is 34.4 Å². The number of nitrogens with one attached hydrogen (secondary N) is 1. The summed E-state index contributed by atoms with van der Waals surface area (Å²) in [5.41, 5.74) is 1.61. The molecule has 0 bridgehead atoms. The van der Waals surface area contributed by atoms with Gasteiger partial charge in [-0.2, -0.15) is 0 Å². The van der Waals surface area contributed by atoms with Crippen LogP contribution in [0.2, 0.25) is 10.0 Å². The van der Waals surface area contributed by atoms with Gasteiger partial charge < -0.3 is 10.2 Å². The van der Waals surface area contributed by atoms with Crippen LogP contribution in [-0.2, 0) is 17.6 Å². The van der Waals surface area contributed by atoms with Gasteiger partial charge in [-0.25, -0.2) is 4.98 Å². The van der Waals surface area contributed by atoms with Crippen LogP contribution in [0.1, 0.15) is 40.2 Å². The minimum atomic E-state index is -0.232. The number of piperidine rings is 1. The first-order valence-electron chi connectivity index (χ1n) is 9.05. The number of fused-ring (bicyclic) bond motifs is 1. The summed E-state index contributed by atoms with van der Waals surface area (Å²) in [5, 5.41) is 4.40. The zero-order valence-corrected chi connectivity index (χ0v) is 17.0. The van der Waals surface area contributed by atoms with E-state index in [1.165, 1.54) is 4.88 Å². The molecule has 0 saturated carbocycles. The summed E-state index contributed by atoms with van der Waals surface area (Å²) >= 11 is 13.5. The summed E-state index contributed by atoms with van der Waals surface area (Å²) in [6, 6.07) is 4.86. The molecule has 1 fully saturated rings. The second kappa shape index (κ2) is 7.78. The average molecular weight is 424 g/mol. The lowest BCUT2D eigenvalue weighted by atomic mass is 9.96. The summed E-state index contributed by atoms with van der Waals surface area (Å²) in [5.74, 6) is -0.419. The van der Waals surface area contributed by atoms with Crippen LogP contribution in [0, 0.1) is 5.92 Å². The molecule has 2 heterocycles. The number of halogens is 2. The molecule has 27 heavy (non-hydrogen) atoms. The Kier molecular flexibility index (Phi) is 5.39. The van der Waals surface area contributed by atoms with E-state index < -0.39 is 0 Å². The van der Waals surface area contributed by atoms with E-state index in [1.807, 2.05) is 0 Å². The van der Waals surface area contributed by atoms with Gasteiger partial charge in [0.05, 0.1) is 21.7 Å². The van der Waals surface area contributed by atoms with Crippen molar-refractivity contribution in [1.29, 1.82) is 0 Å². The molecule has 0 unspecified atom stereocenters. The van der Waals surface area contributed by atoms with Gasteiger partial charge in [0, 0.05) is 23.5 Å². The molecule has 1 aromatic carbocycles. The van der Waals surface area contributed by atoms with Crippen LogP contribution in [0.25, 0.3) is 0 Å². The zero-order chi connectivity index (χ0) is 19.0. The molecule has 142 valence electrons. The lowest BCUT2D eigenvalue weighted by Gasteiger charge is -2.32. The Morgan fingerprint density at radius 1 is 1.19 bits per heavy atom. The summed E-state index contributed by atoms with van der Waals surface area (Å²) in [4.78, 5) is 33.0. The molecule has 1 N–H and O–H groups in total. The lowest BCUT2D eigenvalue weighted by Crippen LogP contribution is -2.43. The number of rotatable bonds is 3. The summed E-state index contributed by atoms with van der Waals surface area (Å²) in [7, 11) is 0. The molecule has 1 aliphatic heterocycles. The van der Waals surface area contributed by atoms with Crippen molar-refractivity contribution < 1.29 is 9.59 Å². The van der Waals surface area contributed by atoms with Crippen molar-refractivity contribution in [2.24, 2.45) is 5.92 Å². The second-order valence-corrected chi connectivity index (χ2v) is 8.85. The van der Waals surface area contributed by atoms with Gasteiger partial charge in [0.15, 0.2) is 5.13 Å². The predicted molar refractivity (Wildman–Crippen MR) is 108 cm³/mol. The molecule has 5 nitrogen and oxygen atoms in total. The van der Waals surface area contributed by atoms with Crippen LogP contribution in [0.4, 0.5) is 5.13 Å². The zero-order valence-electron chi connectivity index (χ0n) is 14.6. The maximum atomic E-state index is 12.8. The van der Waals surface area contributed by atoms with Crippen molar-refractivity contribution in [3.05, 3.63) is 44.4 Å². The van der Waals surface area contributed by atoms with Gasteiger partial charge in [-0.05, 0) is 50.3 Å². The first-order chi connectivity index (χ1) is 13.0. The number of anilines is 1. The highest BCUT2D eigenvalue weighted by Crippen LogP contribution is 2.31. The quantitative estimate of drug-likeness (QED) is 0.793. The molecular weight excluding hydrogens is 405 g/mol. The Balaban J connectivity index is 1.41. The van der Waals surface area contributed by atoms with Crippen molar-refractivity contribution in [2.45, 2.75) is 32.1 Å². The van der Waals surface area contributed by atoms with Crippen LogP contribution in [0.5, 0.6) is 0 Å². The van der Waals surface area contributed by atoms with E-state index >= 15 is 0 Å². The third-order valence-corrected chi connectivity index (χ3v) is 6.88. The van der Waals surface area contributed by atoms with Gasteiger partial charge in [0.25, 0.3) is 5.91 Å². The third-order valence-electron chi connectivity index (χ3n) is 5.07. The van der Waals surface area contributed by atoms with Gasteiger partial charge in [0.2, 0.25) is 5.91 Å². The number of nitrogens with zero attached hydrogens (tertiary/aromatic N) is 2. The molecule has 2 amide bonds. The Labute approximate surface area is 171 Å². The normalized spacial score (nSPS) is 19.0. The van der Waals surface area contributed by atoms with E-state index in [-0.39, 0.29) is 17.7 Å². The number of hydrogen-bond donors (Lipinski definition) is 1. The second-order valence-electron chi connectivity index (χ2n) is 6.95. The number of carbonyl (C=O) groups is 2. The van der Waals surface area contributed by atoms with Crippen molar-refractivity contribution in [3.8, 4) is 0 Å². The fraction of sp³-hybridized carbons (Fsp3) is 0.421. The Hall–Kier alpha value is -1.63. The van der Waals surface area contributed by atoms with Gasteiger partial charge in [-0.15, -0.1) is 11.3 Å². The predicted octanol–water partition coefficient (Wildman–Crippen LogP) is 4.43. The number of hydrogen-bond acceptors (Lipinski definition) is 4. The highest BCUT2D eigenvalue weighted by molar-refractivity contribution is 7.15. The fourth-order valence-electron chi connectivity index (χ4n) is 3.64. The van der Waals surface area contributed by atoms with E-state index in [2.05, 4.69) is 10.3 Å². The molecule has 2 aromatic rings. The number of likely N-dealkylation sites (tertiary alicyclic amines) is 1. The molecule has 0 spiro atoms. The van der Waals surface area contributed by atoms with Crippen molar-refractivity contribution in [3.63, 3.8) is 0 Å². The monoisotopic (exact) mass is 423 g/mol. The molecule has 1 aromatic heterocycles. The molecule has 2 aliphatic rings. The lowest BCUT2D eigenvalue weighted by molar-refractivity contribution is -0.121. The number of aryl methyl sites for hydroxylation is 2. The number of amides is 2. The average Bonchev–Trinajstić information content (AvgIpc) is 3.25. The first kappa shape index (κ1) is 18.7. The first-order valence-corrected chi connectivity index (χ1v) is 10.6. The van der Waals surface area contributed by atoms with E-state index in [9.17, 15) is 9.59 Å². The topological polar surface area (TPSA) is 62.3 Å². The molecule has 1 saturated heterocycles. The molecular formula is C19H19Cl2N3O2S. The van der Waals surface area contributed by atoms with E-state index in [0.717, 1.165) is 37.8 Å². The van der Waals surface area contributed by atoms with Crippen molar-refractivity contribution in [1.82, 2.24) is 9.88 Å². The minimum Gasteiger partial charge on any atom is -0.338 e. The van der Waals surface area contributed by atoms with Crippen LogP contribution < -0.4 is 5.32 Å². The van der Waals surface area contributed by atoms with Gasteiger partial charge in [-0.1, -0.05) is 23.2 Å². The fourth-order valence-corrected chi connectivity index (χ4v) is 4.99. The maximum Gasteiger partial charge on any atom is 0.253 e. The summed E-state index contributed by atoms with van der Waals surface area (Å²) in [6.07, 6.45) is 4.76. The van der Waals surface area contributed by atoms with Crippen LogP contribution in [0.3, 0.4) is 0 Å². The molecule has 1 atom stereocenters. The number of benzene rings is 1. The van der Waals surface area contributed by atoms with Gasteiger partial charge in [0.1, 0.15) is 0 Å². The van der Waals surface area contributed by atoms with E-state index in [0.29, 0.717) is 33.8 Å². The van der Waals surface area contributed by atoms with Crippen molar-refractivity contribution >= 4 is 51.5 Å². The molecule has 4 rings (SSSR count). The van der Waals surface area contributed by atoms with Gasteiger partial charge in [-0.3, -0.25) is 9.59 Å². The van der Waals surface area contributed by atoms with Crippen LogP contribution >= 0.6 is 34.5 Å². The minimum absolute atomic E-state index is 0.0611. The van der Waals surface area contributed by atoms with Gasteiger partial charge >= 0.3 is 0 Å². The van der Waals surface area contributed by atoms with Crippen LogP contribution in [0.15, 0.2) is 18.2 Å².